The van der Waals surface area contributed by atoms with Crippen molar-refractivity contribution in [2.45, 2.75) is 12.8 Å². The minimum absolute atomic E-state index is 0.425. The molecule has 1 atom stereocenters. The fourth-order valence-electron chi connectivity index (χ4n) is 1.19. The topological polar surface area (TPSA) is 42.2 Å². The molecule has 0 saturated heterocycles. The van der Waals surface area contributed by atoms with Crippen LogP contribution in [0.25, 0.3) is 0 Å². The zero-order chi connectivity index (χ0) is 11.6. The molecular formula is C12H16NO2P. The predicted molar refractivity (Wildman–Crippen MR) is 65.1 cm³/mol. The Morgan fingerprint density at radius 1 is 1.19 bits per heavy atom. The van der Waals surface area contributed by atoms with Gasteiger partial charge in [-0.1, -0.05) is 30.3 Å². The summed E-state index contributed by atoms with van der Waals surface area (Å²) in [5.74, 6) is 0. The van der Waals surface area contributed by atoms with Crippen molar-refractivity contribution >= 4 is 8.38 Å². The number of benzene rings is 1. The van der Waals surface area contributed by atoms with Crippen LogP contribution in [0, 0.1) is 11.3 Å². The lowest BCUT2D eigenvalue weighted by Gasteiger charge is -2.11. The minimum Gasteiger partial charge on any atom is -0.334 e. The zero-order valence-electron chi connectivity index (χ0n) is 9.43. The summed E-state index contributed by atoms with van der Waals surface area (Å²) < 4.78 is 10.9. The summed E-state index contributed by atoms with van der Waals surface area (Å²) in [4.78, 5) is 0. The number of hydrogen-bond acceptors (Lipinski definition) is 3. The van der Waals surface area contributed by atoms with Gasteiger partial charge >= 0.3 is 0 Å². The normalized spacial score (nSPS) is 12.0. The maximum Gasteiger partial charge on any atom is 0.167 e. The monoisotopic (exact) mass is 237 g/mol. The Hall–Kier alpha value is -0.940. The molecule has 0 amide bonds. The van der Waals surface area contributed by atoms with E-state index in [0.717, 1.165) is 6.42 Å². The lowest BCUT2D eigenvalue weighted by Crippen LogP contribution is -1.97. The largest absolute Gasteiger partial charge is 0.334 e. The van der Waals surface area contributed by atoms with Crippen LogP contribution < -0.4 is 0 Å². The number of nitriles is 1. The molecule has 16 heavy (non-hydrogen) atoms. The van der Waals surface area contributed by atoms with Gasteiger partial charge in [0.05, 0.1) is 25.7 Å². The zero-order valence-corrected chi connectivity index (χ0v) is 10.3. The van der Waals surface area contributed by atoms with Gasteiger partial charge in [0.1, 0.15) is 0 Å². The Balaban J connectivity index is 2.09. The molecule has 0 aliphatic carbocycles. The van der Waals surface area contributed by atoms with Crippen molar-refractivity contribution in [1.82, 2.24) is 0 Å². The van der Waals surface area contributed by atoms with E-state index in [1.54, 1.807) is 0 Å². The first-order valence-electron chi connectivity index (χ1n) is 5.23. The second kappa shape index (κ2) is 8.24. The Labute approximate surface area is 97.9 Å². The molecule has 3 nitrogen and oxygen atoms in total. The molecular weight excluding hydrogens is 221 g/mol. The Morgan fingerprint density at radius 3 is 2.56 bits per heavy atom. The van der Waals surface area contributed by atoms with Crippen LogP contribution in [0.15, 0.2) is 30.3 Å². The molecule has 0 radical (unpaired) electrons. The lowest BCUT2D eigenvalue weighted by atomic mass is 10.2. The molecule has 0 aliphatic rings. The molecule has 0 aromatic heterocycles. The van der Waals surface area contributed by atoms with E-state index >= 15 is 0 Å². The average molecular weight is 237 g/mol. The van der Waals surface area contributed by atoms with Gasteiger partial charge in [0.2, 0.25) is 0 Å². The van der Waals surface area contributed by atoms with Crippen LogP contribution in [0.2, 0.25) is 0 Å². The standard InChI is InChI=1S/C12H16NO2P/c1-16(14-10-5-9-13)15-11-8-12-6-3-2-4-7-12/h2-4,6-7H,5,8,10-11H2,1H3. The van der Waals surface area contributed by atoms with Crippen LogP contribution in [0.3, 0.4) is 0 Å². The van der Waals surface area contributed by atoms with Crippen LogP contribution >= 0.6 is 8.38 Å². The lowest BCUT2D eigenvalue weighted by molar-refractivity contribution is 0.259. The van der Waals surface area contributed by atoms with Crippen LogP contribution in [-0.4, -0.2) is 19.9 Å². The number of hydrogen-bond donors (Lipinski definition) is 0. The third-order valence-electron chi connectivity index (χ3n) is 1.99. The molecule has 0 N–H and O–H groups in total. The molecule has 1 rings (SSSR count). The van der Waals surface area contributed by atoms with Crippen molar-refractivity contribution in [3.8, 4) is 6.07 Å². The van der Waals surface area contributed by atoms with Crippen LogP contribution in [-0.2, 0) is 15.5 Å². The fraction of sp³-hybridized carbons (Fsp3) is 0.417. The van der Waals surface area contributed by atoms with Crippen molar-refractivity contribution in [3.63, 3.8) is 0 Å². The van der Waals surface area contributed by atoms with E-state index in [1.807, 2.05) is 30.9 Å². The first kappa shape index (κ1) is 13.1. The first-order valence-corrected chi connectivity index (χ1v) is 6.86. The van der Waals surface area contributed by atoms with Gasteiger partial charge in [-0.15, -0.1) is 0 Å². The summed E-state index contributed by atoms with van der Waals surface area (Å²) in [5.41, 5.74) is 1.27. The highest BCUT2D eigenvalue weighted by molar-refractivity contribution is 7.46. The van der Waals surface area contributed by atoms with E-state index in [1.165, 1.54) is 5.56 Å². The van der Waals surface area contributed by atoms with Gasteiger partial charge in [0.15, 0.2) is 8.38 Å². The molecule has 4 heteroatoms. The van der Waals surface area contributed by atoms with Crippen molar-refractivity contribution in [2.75, 3.05) is 19.9 Å². The van der Waals surface area contributed by atoms with Gasteiger partial charge in [0, 0.05) is 6.66 Å². The first-order chi connectivity index (χ1) is 7.83. The van der Waals surface area contributed by atoms with Crippen molar-refractivity contribution < 1.29 is 9.05 Å². The summed E-state index contributed by atoms with van der Waals surface area (Å²) in [7, 11) is -0.840. The molecule has 0 heterocycles. The Bertz CT molecular complexity index is 324. The molecule has 0 spiro atoms. The SMILES string of the molecule is CP(OCCC#N)OCCc1ccccc1. The highest BCUT2D eigenvalue weighted by Gasteiger charge is 2.02. The second-order valence-corrected chi connectivity index (χ2v) is 4.65. The molecule has 1 aromatic carbocycles. The average Bonchev–Trinajstić information content (AvgIpc) is 2.31. The number of nitrogens with zero attached hydrogens (tertiary/aromatic N) is 1. The molecule has 0 fully saturated rings. The van der Waals surface area contributed by atoms with Gasteiger partial charge in [-0.25, -0.2) is 0 Å². The predicted octanol–water partition coefficient (Wildman–Crippen LogP) is 3.12. The summed E-state index contributed by atoms with van der Waals surface area (Å²) in [5, 5.41) is 8.34. The second-order valence-electron chi connectivity index (χ2n) is 3.25. The van der Waals surface area contributed by atoms with Gasteiger partial charge in [-0.2, -0.15) is 5.26 Å². The molecule has 86 valence electrons. The Kier molecular flexibility index (Phi) is 6.76. The summed E-state index contributed by atoms with van der Waals surface area (Å²) in [6.45, 7) is 3.04. The minimum atomic E-state index is -0.840. The van der Waals surface area contributed by atoms with E-state index in [9.17, 15) is 0 Å². The van der Waals surface area contributed by atoms with E-state index < -0.39 is 8.38 Å². The van der Waals surface area contributed by atoms with Crippen LogP contribution in [0.5, 0.6) is 0 Å². The van der Waals surface area contributed by atoms with Crippen molar-refractivity contribution in [2.24, 2.45) is 0 Å². The van der Waals surface area contributed by atoms with E-state index in [2.05, 4.69) is 12.1 Å². The van der Waals surface area contributed by atoms with Crippen LogP contribution in [0.4, 0.5) is 0 Å². The van der Waals surface area contributed by atoms with Crippen molar-refractivity contribution in [1.29, 1.82) is 5.26 Å². The van der Waals surface area contributed by atoms with Crippen molar-refractivity contribution in [3.05, 3.63) is 35.9 Å². The van der Waals surface area contributed by atoms with Gasteiger partial charge in [-0.3, -0.25) is 0 Å². The molecule has 0 bridgehead atoms. The summed E-state index contributed by atoms with van der Waals surface area (Å²) >= 11 is 0. The summed E-state index contributed by atoms with van der Waals surface area (Å²) in [6.07, 6.45) is 1.32. The molecule has 1 aromatic rings. The smallest absolute Gasteiger partial charge is 0.167 e. The van der Waals surface area contributed by atoms with E-state index in [-0.39, 0.29) is 0 Å². The van der Waals surface area contributed by atoms with E-state index in [4.69, 9.17) is 14.3 Å². The maximum absolute atomic E-state index is 8.34. The van der Waals surface area contributed by atoms with Gasteiger partial charge in [-0.05, 0) is 12.0 Å². The fourth-order valence-corrected chi connectivity index (χ4v) is 1.97. The quantitative estimate of drug-likeness (QED) is 0.540. The number of rotatable bonds is 7. The highest BCUT2D eigenvalue weighted by Crippen LogP contribution is 2.33. The van der Waals surface area contributed by atoms with Gasteiger partial charge < -0.3 is 9.05 Å². The maximum atomic E-state index is 8.34. The Morgan fingerprint density at radius 2 is 1.88 bits per heavy atom. The third-order valence-corrected chi connectivity index (χ3v) is 3.09. The van der Waals surface area contributed by atoms with E-state index in [0.29, 0.717) is 19.6 Å². The van der Waals surface area contributed by atoms with Gasteiger partial charge in [0.25, 0.3) is 0 Å². The molecule has 0 saturated carbocycles. The molecule has 0 aliphatic heterocycles. The summed E-state index contributed by atoms with van der Waals surface area (Å²) in [6, 6.07) is 12.2. The molecule has 1 unspecified atom stereocenters. The highest BCUT2D eigenvalue weighted by atomic mass is 31.2. The third kappa shape index (κ3) is 5.82. The van der Waals surface area contributed by atoms with Crippen LogP contribution in [0.1, 0.15) is 12.0 Å².